The molecular weight excluding hydrogens is 379 g/mol. The van der Waals surface area contributed by atoms with Gasteiger partial charge in [-0.25, -0.2) is 9.37 Å². The number of anilines is 1. The lowest BCUT2D eigenvalue weighted by Crippen LogP contribution is -2.22. The highest BCUT2D eigenvalue weighted by atomic mass is 35.5. The van der Waals surface area contributed by atoms with E-state index in [1.165, 1.54) is 41.3 Å². The van der Waals surface area contributed by atoms with E-state index in [0.717, 1.165) is 15.6 Å². The second kappa shape index (κ2) is 7.99. The molecule has 1 N–H and O–H groups in total. The Morgan fingerprint density at radius 2 is 2.04 bits per heavy atom. The van der Waals surface area contributed by atoms with Gasteiger partial charge >= 0.3 is 0 Å². The SMILES string of the molecule is C[C@@H](Sc1nc(-c2ccccc2)cs1)C(=O)Nc1ccc(F)cc1Cl. The number of benzene rings is 2. The number of amides is 1. The quantitative estimate of drug-likeness (QED) is 0.564. The summed E-state index contributed by atoms with van der Waals surface area (Å²) in [6, 6.07) is 13.7. The first kappa shape index (κ1) is 17.9. The van der Waals surface area contributed by atoms with Gasteiger partial charge < -0.3 is 5.32 Å². The molecule has 0 radical (unpaired) electrons. The summed E-state index contributed by atoms with van der Waals surface area (Å²) in [4.78, 5) is 16.9. The maximum Gasteiger partial charge on any atom is 0.237 e. The zero-order valence-electron chi connectivity index (χ0n) is 13.2. The summed E-state index contributed by atoms with van der Waals surface area (Å²) < 4.78 is 13.9. The number of hydrogen-bond acceptors (Lipinski definition) is 4. The molecule has 0 saturated carbocycles. The van der Waals surface area contributed by atoms with Crippen molar-refractivity contribution in [3.8, 4) is 11.3 Å². The minimum absolute atomic E-state index is 0.172. The lowest BCUT2D eigenvalue weighted by atomic mass is 10.2. The Kier molecular flexibility index (Phi) is 5.73. The molecule has 0 saturated heterocycles. The van der Waals surface area contributed by atoms with Gasteiger partial charge in [0.1, 0.15) is 5.82 Å². The molecule has 0 unspecified atom stereocenters. The molecule has 25 heavy (non-hydrogen) atoms. The number of thioether (sulfide) groups is 1. The molecule has 3 aromatic rings. The zero-order valence-corrected chi connectivity index (χ0v) is 15.6. The lowest BCUT2D eigenvalue weighted by Gasteiger charge is -2.11. The molecule has 0 spiro atoms. The Hall–Kier alpha value is -1.89. The highest BCUT2D eigenvalue weighted by Crippen LogP contribution is 2.31. The number of hydrogen-bond donors (Lipinski definition) is 1. The second-order valence-electron chi connectivity index (χ2n) is 5.24. The predicted octanol–water partition coefficient (Wildman–Crippen LogP) is 5.72. The normalized spacial score (nSPS) is 12.0. The van der Waals surface area contributed by atoms with Gasteiger partial charge in [-0.1, -0.05) is 53.7 Å². The Morgan fingerprint density at radius 3 is 2.76 bits per heavy atom. The largest absolute Gasteiger partial charge is 0.324 e. The van der Waals surface area contributed by atoms with Crippen LogP contribution in [-0.2, 0) is 4.79 Å². The van der Waals surface area contributed by atoms with Gasteiger partial charge in [0, 0.05) is 10.9 Å². The maximum absolute atomic E-state index is 13.1. The van der Waals surface area contributed by atoms with E-state index in [2.05, 4.69) is 10.3 Å². The van der Waals surface area contributed by atoms with Crippen molar-refractivity contribution >= 4 is 46.3 Å². The molecule has 0 aliphatic heterocycles. The standard InChI is InChI=1S/C18H14ClFN2OS2/c1-11(17(23)21-15-8-7-13(20)9-14(15)19)25-18-22-16(10-24-18)12-5-3-2-4-6-12/h2-11H,1H3,(H,21,23)/t11-/m1/s1. The molecule has 3 rings (SSSR count). The fourth-order valence-electron chi connectivity index (χ4n) is 2.08. The lowest BCUT2D eigenvalue weighted by molar-refractivity contribution is -0.115. The van der Waals surface area contributed by atoms with Crippen LogP contribution in [0.25, 0.3) is 11.3 Å². The minimum atomic E-state index is -0.443. The molecular formula is C18H14ClFN2OS2. The topological polar surface area (TPSA) is 42.0 Å². The summed E-state index contributed by atoms with van der Waals surface area (Å²) in [7, 11) is 0. The summed E-state index contributed by atoms with van der Waals surface area (Å²) in [5.74, 6) is -0.656. The van der Waals surface area contributed by atoms with Crippen LogP contribution in [0.2, 0.25) is 5.02 Å². The van der Waals surface area contributed by atoms with Crippen LogP contribution in [0.5, 0.6) is 0 Å². The molecule has 2 aromatic carbocycles. The van der Waals surface area contributed by atoms with Crippen LogP contribution in [0, 0.1) is 5.82 Å². The Labute approximate surface area is 158 Å². The average Bonchev–Trinajstić information content (AvgIpc) is 3.06. The summed E-state index contributed by atoms with van der Waals surface area (Å²) in [5.41, 5.74) is 2.33. The van der Waals surface area contributed by atoms with Gasteiger partial charge in [-0.05, 0) is 25.1 Å². The number of halogens is 2. The average molecular weight is 393 g/mol. The Bertz CT molecular complexity index is 886. The van der Waals surface area contributed by atoms with Crippen LogP contribution < -0.4 is 5.32 Å². The molecule has 128 valence electrons. The third kappa shape index (κ3) is 4.60. The molecule has 0 aliphatic rings. The van der Waals surface area contributed by atoms with E-state index in [1.54, 1.807) is 6.92 Å². The number of nitrogens with zero attached hydrogens (tertiary/aromatic N) is 1. The second-order valence-corrected chi connectivity index (χ2v) is 8.09. The first-order chi connectivity index (χ1) is 12.0. The highest BCUT2D eigenvalue weighted by Gasteiger charge is 2.18. The van der Waals surface area contributed by atoms with Gasteiger partial charge in [0.05, 0.1) is 21.7 Å². The third-order valence-corrected chi connectivity index (χ3v) is 5.77. The molecule has 1 atom stereocenters. The monoisotopic (exact) mass is 392 g/mol. The van der Waals surface area contributed by atoms with Crippen molar-refractivity contribution in [1.29, 1.82) is 0 Å². The molecule has 0 bridgehead atoms. The molecule has 1 amide bonds. The third-order valence-electron chi connectivity index (χ3n) is 3.39. The van der Waals surface area contributed by atoms with E-state index in [0.29, 0.717) is 5.69 Å². The molecule has 7 heteroatoms. The van der Waals surface area contributed by atoms with Crippen molar-refractivity contribution in [1.82, 2.24) is 4.98 Å². The van der Waals surface area contributed by atoms with E-state index in [-0.39, 0.29) is 16.2 Å². The summed E-state index contributed by atoms with van der Waals surface area (Å²) in [5, 5.41) is 4.49. The number of carbonyl (C=O) groups is 1. The van der Waals surface area contributed by atoms with Crippen LogP contribution in [0.1, 0.15) is 6.92 Å². The van der Waals surface area contributed by atoms with Gasteiger partial charge in [0.15, 0.2) is 4.34 Å². The minimum Gasteiger partial charge on any atom is -0.324 e. The molecule has 0 fully saturated rings. The summed E-state index contributed by atoms with van der Waals surface area (Å²) >= 11 is 8.81. The van der Waals surface area contributed by atoms with Gasteiger partial charge in [-0.2, -0.15) is 0 Å². The van der Waals surface area contributed by atoms with Gasteiger partial charge in [-0.3, -0.25) is 4.79 Å². The first-order valence-corrected chi connectivity index (χ1v) is 9.60. The predicted molar refractivity (Wildman–Crippen MR) is 103 cm³/mol. The van der Waals surface area contributed by atoms with Crippen molar-refractivity contribution in [2.45, 2.75) is 16.5 Å². The van der Waals surface area contributed by atoms with E-state index in [9.17, 15) is 9.18 Å². The van der Waals surface area contributed by atoms with E-state index >= 15 is 0 Å². The van der Waals surface area contributed by atoms with Gasteiger partial charge in [0.25, 0.3) is 0 Å². The Balaban J connectivity index is 1.65. The summed E-state index contributed by atoms with van der Waals surface area (Å²) in [6.07, 6.45) is 0. The van der Waals surface area contributed by atoms with Gasteiger partial charge in [0.2, 0.25) is 5.91 Å². The molecule has 0 aliphatic carbocycles. The smallest absolute Gasteiger partial charge is 0.237 e. The highest BCUT2D eigenvalue weighted by molar-refractivity contribution is 8.02. The first-order valence-electron chi connectivity index (χ1n) is 7.46. The van der Waals surface area contributed by atoms with Crippen LogP contribution in [-0.4, -0.2) is 16.1 Å². The number of nitrogens with one attached hydrogen (secondary N) is 1. The zero-order chi connectivity index (χ0) is 17.8. The van der Waals surface area contributed by atoms with Crippen LogP contribution in [0.15, 0.2) is 58.3 Å². The van der Waals surface area contributed by atoms with Crippen molar-refractivity contribution in [2.24, 2.45) is 0 Å². The number of rotatable bonds is 5. The van der Waals surface area contributed by atoms with E-state index in [1.807, 2.05) is 35.7 Å². The number of thiazole rings is 1. The molecule has 3 nitrogen and oxygen atoms in total. The van der Waals surface area contributed by atoms with Crippen molar-refractivity contribution < 1.29 is 9.18 Å². The fraction of sp³-hybridized carbons (Fsp3) is 0.111. The van der Waals surface area contributed by atoms with Crippen LogP contribution in [0.4, 0.5) is 10.1 Å². The number of aromatic nitrogens is 1. The van der Waals surface area contributed by atoms with Crippen molar-refractivity contribution in [2.75, 3.05) is 5.32 Å². The summed E-state index contributed by atoms with van der Waals surface area (Å²) in [6.45, 7) is 1.79. The molecule has 1 aromatic heterocycles. The van der Waals surface area contributed by atoms with E-state index in [4.69, 9.17) is 11.6 Å². The molecule has 1 heterocycles. The van der Waals surface area contributed by atoms with E-state index < -0.39 is 5.82 Å². The number of carbonyl (C=O) groups excluding carboxylic acids is 1. The van der Waals surface area contributed by atoms with Crippen LogP contribution >= 0.6 is 34.7 Å². The maximum atomic E-state index is 13.1. The van der Waals surface area contributed by atoms with Crippen molar-refractivity contribution in [3.05, 3.63) is 64.8 Å². The Morgan fingerprint density at radius 1 is 1.28 bits per heavy atom. The van der Waals surface area contributed by atoms with Gasteiger partial charge in [-0.15, -0.1) is 11.3 Å². The van der Waals surface area contributed by atoms with Crippen molar-refractivity contribution in [3.63, 3.8) is 0 Å². The fourth-order valence-corrected chi connectivity index (χ4v) is 4.27. The van der Waals surface area contributed by atoms with Crippen LogP contribution in [0.3, 0.4) is 0 Å².